The van der Waals surface area contributed by atoms with Crippen LogP contribution in [0.4, 0.5) is 0 Å². The highest BCUT2D eigenvalue weighted by Gasteiger charge is 2.16. The monoisotopic (exact) mass is 194 g/mol. The van der Waals surface area contributed by atoms with Crippen LogP contribution in [-0.4, -0.2) is 24.5 Å². The van der Waals surface area contributed by atoms with Gasteiger partial charge in [-0.15, -0.1) is 0 Å². The van der Waals surface area contributed by atoms with Crippen molar-refractivity contribution in [1.29, 1.82) is 0 Å². The molecule has 0 heterocycles. The summed E-state index contributed by atoms with van der Waals surface area (Å²) in [7, 11) is 2.02. The van der Waals surface area contributed by atoms with Gasteiger partial charge in [-0.05, 0) is 12.0 Å². The maximum atomic E-state index is 5.71. The van der Waals surface area contributed by atoms with Crippen LogP contribution >= 0.6 is 0 Å². The molecule has 2 nitrogen and oxygen atoms in total. The zero-order valence-corrected chi connectivity index (χ0v) is 9.53. The van der Waals surface area contributed by atoms with Gasteiger partial charge in [-0.1, -0.05) is 39.2 Å². The number of hydrogen-bond donors (Lipinski definition) is 1. The molecule has 1 atom stereocenters. The predicted molar refractivity (Wildman–Crippen MR) is 63.9 cm³/mol. The van der Waals surface area contributed by atoms with Crippen molar-refractivity contribution in [3.8, 4) is 0 Å². The molecule has 0 saturated carbocycles. The highest BCUT2D eigenvalue weighted by Crippen LogP contribution is 2.13. The topological polar surface area (TPSA) is 29.3 Å². The van der Waals surface area contributed by atoms with Gasteiger partial charge in [-0.2, -0.15) is 0 Å². The zero-order valence-electron chi connectivity index (χ0n) is 9.53. The second-order valence-electron chi connectivity index (χ2n) is 3.74. The summed E-state index contributed by atoms with van der Waals surface area (Å²) in [5.74, 6) is 0.527. The molecular weight excluding hydrogens is 172 g/mol. The summed E-state index contributed by atoms with van der Waals surface area (Å²) < 4.78 is 0. The van der Waals surface area contributed by atoms with Crippen LogP contribution in [0.5, 0.6) is 0 Å². The number of nitrogens with zero attached hydrogens (tertiary/aromatic N) is 1. The van der Waals surface area contributed by atoms with Crippen molar-refractivity contribution in [2.75, 3.05) is 13.6 Å². The molecule has 0 radical (unpaired) electrons. The Labute approximate surface area is 87.8 Å². The minimum absolute atomic E-state index is 0.344. The third kappa shape index (κ3) is 3.79. The molecule has 0 rings (SSSR count). The first-order chi connectivity index (χ1) is 6.54. The van der Waals surface area contributed by atoms with Crippen LogP contribution in [0.2, 0.25) is 0 Å². The molecule has 0 aliphatic rings. The first kappa shape index (κ1) is 13.0. The number of nitrogens with two attached hydrogens (primary N) is 1. The smallest absolute Gasteiger partial charge is 0.0431 e. The third-order valence-corrected chi connectivity index (χ3v) is 2.39. The van der Waals surface area contributed by atoms with Gasteiger partial charge in [0.1, 0.15) is 0 Å². The SMILES string of the molecule is C=C/C=C\C(=C)N(C)C(CN)C(C)C. The lowest BCUT2D eigenvalue weighted by Crippen LogP contribution is -2.40. The molecule has 0 fully saturated rings. The molecule has 0 aromatic rings. The van der Waals surface area contributed by atoms with E-state index >= 15 is 0 Å². The standard InChI is InChI=1S/C12H22N2/c1-6-7-8-11(4)14(5)12(9-13)10(2)3/h6-8,10,12H,1,4,9,13H2,2-3,5H3/b8-7-. The number of rotatable bonds is 6. The van der Waals surface area contributed by atoms with Crippen molar-refractivity contribution in [2.45, 2.75) is 19.9 Å². The Morgan fingerprint density at radius 3 is 2.43 bits per heavy atom. The lowest BCUT2D eigenvalue weighted by Gasteiger charge is -2.32. The molecule has 0 spiro atoms. The molecule has 14 heavy (non-hydrogen) atoms. The van der Waals surface area contributed by atoms with Crippen LogP contribution < -0.4 is 5.73 Å². The Morgan fingerprint density at radius 2 is 2.07 bits per heavy atom. The fourth-order valence-electron chi connectivity index (χ4n) is 1.39. The van der Waals surface area contributed by atoms with Gasteiger partial charge in [0.2, 0.25) is 0 Å². The van der Waals surface area contributed by atoms with E-state index in [-0.39, 0.29) is 0 Å². The summed E-state index contributed by atoms with van der Waals surface area (Å²) in [6.07, 6.45) is 5.57. The average molecular weight is 194 g/mol. The summed E-state index contributed by atoms with van der Waals surface area (Å²) in [5, 5.41) is 0. The van der Waals surface area contributed by atoms with E-state index < -0.39 is 0 Å². The molecule has 0 bridgehead atoms. The molecule has 0 amide bonds. The van der Waals surface area contributed by atoms with E-state index in [1.165, 1.54) is 0 Å². The Bertz CT molecular complexity index is 216. The molecule has 80 valence electrons. The van der Waals surface area contributed by atoms with E-state index in [2.05, 4.69) is 31.9 Å². The lowest BCUT2D eigenvalue weighted by atomic mass is 10.0. The highest BCUT2D eigenvalue weighted by atomic mass is 15.1. The molecule has 2 heteroatoms. The van der Waals surface area contributed by atoms with Gasteiger partial charge in [0.05, 0.1) is 0 Å². The van der Waals surface area contributed by atoms with Gasteiger partial charge >= 0.3 is 0 Å². The van der Waals surface area contributed by atoms with Crippen molar-refractivity contribution >= 4 is 0 Å². The Morgan fingerprint density at radius 1 is 1.50 bits per heavy atom. The Kier molecular flexibility index (Phi) is 5.97. The molecule has 0 aromatic carbocycles. The van der Waals surface area contributed by atoms with Crippen LogP contribution in [0.15, 0.2) is 37.1 Å². The largest absolute Gasteiger partial charge is 0.371 e. The van der Waals surface area contributed by atoms with E-state index in [9.17, 15) is 0 Å². The summed E-state index contributed by atoms with van der Waals surface area (Å²) in [4.78, 5) is 2.12. The van der Waals surface area contributed by atoms with E-state index in [1.807, 2.05) is 19.2 Å². The molecule has 1 unspecified atom stereocenters. The van der Waals surface area contributed by atoms with Crippen LogP contribution in [0, 0.1) is 5.92 Å². The van der Waals surface area contributed by atoms with Crippen molar-refractivity contribution < 1.29 is 0 Å². The Balaban J connectivity index is 4.41. The van der Waals surface area contributed by atoms with Crippen molar-refractivity contribution in [3.63, 3.8) is 0 Å². The fourth-order valence-corrected chi connectivity index (χ4v) is 1.39. The molecule has 0 saturated heterocycles. The van der Waals surface area contributed by atoms with Gasteiger partial charge in [0.25, 0.3) is 0 Å². The summed E-state index contributed by atoms with van der Waals surface area (Å²) in [6.45, 7) is 12.6. The van der Waals surface area contributed by atoms with E-state index in [0.717, 1.165) is 5.70 Å². The highest BCUT2D eigenvalue weighted by molar-refractivity contribution is 5.17. The second kappa shape index (κ2) is 6.44. The lowest BCUT2D eigenvalue weighted by molar-refractivity contribution is 0.253. The summed E-state index contributed by atoms with van der Waals surface area (Å²) in [5.41, 5.74) is 6.68. The van der Waals surface area contributed by atoms with E-state index in [4.69, 9.17) is 5.73 Å². The van der Waals surface area contributed by atoms with Crippen molar-refractivity contribution in [2.24, 2.45) is 11.7 Å². The molecule has 2 N–H and O–H groups in total. The van der Waals surface area contributed by atoms with Gasteiger partial charge in [-0.3, -0.25) is 0 Å². The average Bonchev–Trinajstić information content (AvgIpc) is 2.14. The van der Waals surface area contributed by atoms with E-state index in [0.29, 0.717) is 18.5 Å². The minimum Gasteiger partial charge on any atom is -0.371 e. The molecule has 0 aliphatic carbocycles. The number of hydrogen-bond acceptors (Lipinski definition) is 2. The van der Waals surface area contributed by atoms with E-state index in [1.54, 1.807) is 6.08 Å². The first-order valence-electron chi connectivity index (χ1n) is 4.95. The third-order valence-electron chi connectivity index (χ3n) is 2.39. The van der Waals surface area contributed by atoms with Crippen molar-refractivity contribution in [3.05, 3.63) is 37.1 Å². The first-order valence-corrected chi connectivity index (χ1v) is 4.95. The number of allylic oxidation sites excluding steroid dienone is 3. The van der Waals surface area contributed by atoms with Gasteiger partial charge in [-0.25, -0.2) is 0 Å². The predicted octanol–water partition coefficient (Wildman–Crippen LogP) is 2.16. The second-order valence-corrected chi connectivity index (χ2v) is 3.74. The van der Waals surface area contributed by atoms with Crippen molar-refractivity contribution in [1.82, 2.24) is 4.90 Å². The molecule has 0 aromatic heterocycles. The summed E-state index contributed by atoms with van der Waals surface area (Å²) in [6, 6.07) is 0.344. The number of likely N-dealkylation sites (N-methyl/N-ethyl adjacent to an activating group) is 1. The fraction of sp³-hybridized carbons (Fsp3) is 0.500. The van der Waals surface area contributed by atoms with Gasteiger partial charge < -0.3 is 10.6 Å². The van der Waals surface area contributed by atoms with Crippen LogP contribution in [0.1, 0.15) is 13.8 Å². The minimum atomic E-state index is 0.344. The van der Waals surface area contributed by atoms with Gasteiger partial charge in [0.15, 0.2) is 0 Å². The normalized spacial score (nSPS) is 13.2. The molecular formula is C12H22N2. The zero-order chi connectivity index (χ0) is 11.1. The maximum Gasteiger partial charge on any atom is 0.0431 e. The Hall–Kier alpha value is -1.02. The maximum absolute atomic E-state index is 5.71. The summed E-state index contributed by atoms with van der Waals surface area (Å²) >= 11 is 0. The quantitative estimate of drug-likeness (QED) is 0.657. The van der Waals surface area contributed by atoms with Crippen LogP contribution in [0.25, 0.3) is 0 Å². The van der Waals surface area contributed by atoms with Gasteiger partial charge in [0, 0.05) is 25.3 Å². The molecule has 0 aliphatic heterocycles. The van der Waals surface area contributed by atoms with Crippen LogP contribution in [0.3, 0.4) is 0 Å². The van der Waals surface area contributed by atoms with Crippen LogP contribution in [-0.2, 0) is 0 Å².